The van der Waals surface area contributed by atoms with E-state index in [2.05, 4.69) is 37.1 Å². The molecule has 0 amide bonds. The lowest BCUT2D eigenvalue weighted by Crippen LogP contribution is -2.41. The van der Waals surface area contributed by atoms with E-state index in [1.54, 1.807) is 0 Å². The zero-order valence-electron chi connectivity index (χ0n) is 12.8. The number of nitrogens with zero attached hydrogens (tertiary/aromatic N) is 2. The number of rotatable bonds is 4. The van der Waals surface area contributed by atoms with Gasteiger partial charge in [0.2, 0.25) is 0 Å². The van der Waals surface area contributed by atoms with E-state index < -0.39 is 0 Å². The highest BCUT2D eigenvalue weighted by Crippen LogP contribution is 2.24. The maximum absolute atomic E-state index is 9.02. The Morgan fingerprint density at radius 3 is 3.00 bits per heavy atom. The molecule has 1 aliphatic rings. The molecule has 0 aliphatic carbocycles. The Kier molecular flexibility index (Phi) is 5.03. The molecule has 108 valence electrons. The molecule has 1 saturated heterocycles. The van der Waals surface area contributed by atoms with Crippen LogP contribution in [0.25, 0.3) is 0 Å². The summed E-state index contributed by atoms with van der Waals surface area (Å²) in [5.74, 6) is 0.689. The van der Waals surface area contributed by atoms with Crippen molar-refractivity contribution < 1.29 is 0 Å². The summed E-state index contributed by atoms with van der Waals surface area (Å²) < 4.78 is 0. The summed E-state index contributed by atoms with van der Waals surface area (Å²) in [4.78, 5) is 2.53. The first-order valence-electron chi connectivity index (χ1n) is 7.63. The molecule has 0 radical (unpaired) electrons. The van der Waals surface area contributed by atoms with Crippen LogP contribution in [0.5, 0.6) is 0 Å². The van der Waals surface area contributed by atoms with Crippen LogP contribution in [-0.2, 0) is 0 Å². The molecule has 0 aromatic heterocycles. The predicted molar refractivity (Wildman–Crippen MR) is 83.8 cm³/mol. The zero-order chi connectivity index (χ0) is 14.5. The monoisotopic (exact) mass is 271 g/mol. The minimum Gasteiger partial charge on any atom is -0.382 e. The van der Waals surface area contributed by atoms with Gasteiger partial charge in [0.25, 0.3) is 0 Å². The molecule has 1 aliphatic heterocycles. The molecular formula is C17H25N3. The largest absolute Gasteiger partial charge is 0.382 e. The van der Waals surface area contributed by atoms with Crippen LogP contribution in [0.4, 0.5) is 5.69 Å². The van der Waals surface area contributed by atoms with Crippen molar-refractivity contribution in [2.75, 3.05) is 25.0 Å². The number of aryl methyl sites for hydroxylation is 1. The van der Waals surface area contributed by atoms with Crippen LogP contribution in [0.2, 0.25) is 0 Å². The molecule has 1 aromatic carbocycles. The summed E-state index contributed by atoms with van der Waals surface area (Å²) in [6.07, 6.45) is 2.59. The average Bonchev–Trinajstić information content (AvgIpc) is 2.49. The van der Waals surface area contributed by atoms with Gasteiger partial charge in [-0.15, -0.1) is 0 Å². The first kappa shape index (κ1) is 14.9. The van der Waals surface area contributed by atoms with Gasteiger partial charge in [0.1, 0.15) is 0 Å². The van der Waals surface area contributed by atoms with Gasteiger partial charge < -0.3 is 10.2 Å². The number of nitrogens with one attached hydrogen (secondary N) is 1. The number of nitriles is 1. The van der Waals surface area contributed by atoms with Crippen LogP contribution in [0.15, 0.2) is 18.2 Å². The summed E-state index contributed by atoms with van der Waals surface area (Å²) in [5, 5.41) is 12.6. The number of hydrogen-bond donors (Lipinski definition) is 1. The van der Waals surface area contributed by atoms with Gasteiger partial charge in [-0.1, -0.05) is 13.0 Å². The molecule has 2 rings (SSSR count). The number of likely N-dealkylation sites (tertiary alicyclic amines) is 1. The van der Waals surface area contributed by atoms with Crippen LogP contribution >= 0.6 is 0 Å². The van der Waals surface area contributed by atoms with Gasteiger partial charge in [-0.25, -0.2) is 0 Å². The summed E-state index contributed by atoms with van der Waals surface area (Å²) >= 11 is 0. The highest BCUT2D eigenvalue weighted by molar-refractivity contribution is 5.55. The fraction of sp³-hybridized carbons (Fsp3) is 0.588. The molecule has 0 spiro atoms. The summed E-state index contributed by atoms with van der Waals surface area (Å²) in [6, 6.07) is 8.52. The van der Waals surface area contributed by atoms with Gasteiger partial charge >= 0.3 is 0 Å². The second-order valence-corrected chi connectivity index (χ2v) is 5.87. The van der Waals surface area contributed by atoms with Crippen molar-refractivity contribution in [3.63, 3.8) is 0 Å². The molecule has 1 fully saturated rings. The zero-order valence-corrected chi connectivity index (χ0v) is 12.8. The second kappa shape index (κ2) is 6.76. The third-order valence-corrected chi connectivity index (χ3v) is 4.45. The van der Waals surface area contributed by atoms with Gasteiger partial charge in [0.15, 0.2) is 0 Å². The van der Waals surface area contributed by atoms with E-state index in [4.69, 9.17) is 5.26 Å². The smallest absolute Gasteiger partial charge is 0.0992 e. The molecule has 2 atom stereocenters. The topological polar surface area (TPSA) is 39.1 Å². The lowest BCUT2D eigenvalue weighted by Gasteiger charge is -2.36. The molecule has 0 saturated carbocycles. The predicted octanol–water partition coefficient (Wildman–Crippen LogP) is 3.40. The second-order valence-electron chi connectivity index (χ2n) is 5.87. The number of anilines is 1. The highest BCUT2D eigenvalue weighted by Gasteiger charge is 2.24. The Morgan fingerprint density at radius 2 is 2.30 bits per heavy atom. The van der Waals surface area contributed by atoms with E-state index in [-0.39, 0.29) is 0 Å². The van der Waals surface area contributed by atoms with Gasteiger partial charge in [-0.05, 0) is 63.4 Å². The highest BCUT2D eigenvalue weighted by atomic mass is 15.1. The standard InChI is InChI=1S/C17H25N3/c1-4-20-9-5-6-16(12-20)14(3)19-17-10-15(11-18)8-7-13(17)2/h7-8,10,14,16,19H,4-6,9,12H2,1-3H3. The van der Waals surface area contributed by atoms with Crippen molar-refractivity contribution in [3.05, 3.63) is 29.3 Å². The van der Waals surface area contributed by atoms with Crippen LogP contribution in [0.3, 0.4) is 0 Å². The van der Waals surface area contributed by atoms with Gasteiger partial charge in [-0.2, -0.15) is 5.26 Å². The Labute approximate surface area is 122 Å². The Hall–Kier alpha value is -1.53. The summed E-state index contributed by atoms with van der Waals surface area (Å²) in [6.45, 7) is 10.2. The minimum atomic E-state index is 0.442. The molecule has 1 N–H and O–H groups in total. The molecule has 1 aromatic rings. The number of hydrogen-bond acceptors (Lipinski definition) is 3. The van der Waals surface area contributed by atoms with E-state index in [0.29, 0.717) is 12.0 Å². The lowest BCUT2D eigenvalue weighted by atomic mass is 9.91. The van der Waals surface area contributed by atoms with E-state index in [1.807, 2.05) is 18.2 Å². The fourth-order valence-corrected chi connectivity index (χ4v) is 3.00. The van der Waals surface area contributed by atoms with Crippen molar-refractivity contribution in [2.24, 2.45) is 5.92 Å². The quantitative estimate of drug-likeness (QED) is 0.912. The van der Waals surface area contributed by atoms with Crippen molar-refractivity contribution in [1.29, 1.82) is 5.26 Å². The Morgan fingerprint density at radius 1 is 1.50 bits per heavy atom. The lowest BCUT2D eigenvalue weighted by molar-refractivity contribution is 0.172. The van der Waals surface area contributed by atoms with E-state index >= 15 is 0 Å². The summed E-state index contributed by atoms with van der Waals surface area (Å²) in [7, 11) is 0. The van der Waals surface area contributed by atoms with Gasteiger partial charge in [0.05, 0.1) is 11.6 Å². The van der Waals surface area contributed by atoms with Crippen molar-refractivity contribution >= 4 is 5.69 Å². The van der Waals surface area contributed by atoms with E-state index in [1.165, 1.54) is 31.5 Å². The fourth-order valence-electron chi connectivity index (χ4n) is 3.00. The van der Waals surface area contributed by atoms with Gasteiger partial charge in [0, 0.05) is 18.3 Å². The van der Waals surface area contributed by atoms with Gasteiger partial charge in [-0.3, -0.25) is 0 Å². The van der Waals surface area contributed by atoms with Crippen molar-refractivity contribution in [1.82, 2.24) is 4.90 Å². The number of piperidine rings is 1. The van der Waals surface area contributed by atoms with Crippen molar-refractivity contribution in [3.8, 4) is 6.07 Å². The first-order valence-corrected chi connectivity index (χ1v) is 7.63. The molecule has 1 heterocycles. The molecule has 2 unspecified atom stereocenters. The third-order valence-electron chi connectivity index (χ3n) is 4.45. The minimum absolute atomic E-state index is 0.442. The molecular weight excluding hydrogens is 246 g/mol. The van der Waals surface area contributed by atoms with Crippen LogP contribution < -0.4 is 5.32 Å². The molecule has 3 nitrogen and oxygen atoms in total. The molecule has 0 bridgehead atoms. The average molecular weight is 271 g/mol. The van der Waals surface area contributed by atoms with Crippen molar-refractivity contribution in [2.45, 2.75) is 39.7 Å². The van der Waals surface area contributed by atoms with Crippen LogP contribution in [0, 0.1) is 24.2 Å². The maximum Gasteiger partial charge on any atom is 0.0992 e. The van der Waals surface area contributed by atoms with E-state index in [9.17, 15) is 0 Å². The number of benzene rings is 1. The summed E-state index contributed by atoms with van der Waals surface area (Å²) in [5.41, 5.74) is 3.04. The molecule has 20 heavy (non-hydrogen) atoms. The Balaban J connectivity index is 2.04. The maximum atomic E-state index is 9.02. The Bertz CT molecular complexity index is 489. The van der Waals surface area contributed by atoms with Crippen LogP contribution in [0.1, 0.15) is 37.8 Å². The first-order chi connectivity index (χ1) is 9.63. The van der Waals surface area contributed by atoms with E-state index in [0.717, 1.165) is 17.8 Å². The SMILES string of the molecule is CCN1CCCC(C(C)Nc2cc(C#N)ccc2C)C1. The third kappa shape index (κ3) is 3.52. The normalized spacial score (nSPS) is 21.2. The molecule has 3 heteroatoms. The van der Waals surface area contributed by atoms with Crippen LogP contribution in [-0.4, -0.2) is 30.6 Å².